The number of hydrogen-bond donors (Lipinski definition) is 0. The van der Waals surface area contributed by atoms with E-state index in [0.29, 0.717) is 6.04 Å². The topological polar surface area (TPSA) is 15.7 Å². The molecule has 2 aliphatic rings. The van der Waals surface area contributed by atoms with Gasteiger partial charge in [0.05, 0.1) is 0 Å². The maximum Gasteiger partial charge on any atom is 0.268 e. The highest BCUT2D eigenvalue weighted by Gasteiger charge is 2.51. The van der Waals surface area contributed by atoms with E-state index in [9.17, 15) is 0 Å². The van der Waals surface area contributed by atoms with Crippen molar-refractivity contribution in [2.75, 3.05) is 20.2 Å². The van der Waals surface area contributed by atoms with Crippen molar-refractivity contribution in [3.8, 4) is 0 Å². The van der Waals surface area contributed by atoms with Gasteiger partial charge in [0.25, 0.3) is 8.48 Å². The van der Waals surface area contributed by atoms with Gasteiger partial charge in [0.2, 0.25) is 0 Å². The zero-order chi connectivity index (χ0) is 15.2. The molecule has 0 radical (unpaired) electrons. The summed E-state index contributed by atoms with van der Waals surface area (Å²) in [6, 6.07) is 2.01. The molecule has 118 valence electrons. The Hall–Kier alpha value is 0.0969. The summed E-state index contributed by atoms with van der Waals surface area (Å²) in [7, 11) is 0.656. The lowest BCUT2D eigenvalue weighted by atomic mass is 9.77. The minimum Gasteiger partial charge on any atom is -0.403 e. The van der Waals surface area contributed by atoms with Crippen LogP contribution in [0, 0.1) is 0 Å². The summed E-state index contributed by atoms with van der Waals surface area (Å²) in [5, 5.41) is 0. The maximum atomic E-state index is 6.27. The molecule has 3 nitrogen and oxygen atoms in total. The Labute approximate surface area is 126 Å². The van der Waals surface area contributed by atoms with Crippen LogP contribution in [0.4, 0.5) is 0 Å². The fourth-order valence-corrected chi connectivity index (χ4v) is 8.15. The molecule has 0 spiro atoms. The van der Waals surface area contributed by atoms with E-state index in [-0.39, 0.29) is 11.1 Å². The Balaban J connectivity index is 2.20. The Morgan fingerprint density at radius 3 is 2.20 bits per heavy atom. The van der Waals surface area contributed by atoms with Crippen LogP contribution >= 0.6 is 0 Å². The monoisotopic (exact) mass is 298 g/mol. The van der Waals surface area contributed by atoms with Gasteiger partial charge in [-0.15, -0.1) is 0 Å². The second-order valence-electron chi connectivity index (χ2n) is 8.15. The molecular formula is C16H34N2OSi. The Morgan fingerprint density at radius 2 is 1.70 bits per heavy atom. The van der Waals surface area contributed by atoms with E-state index in [4.69, 9.17) is 4.43 Å². The van der Waals surface area contributed by atoms with Gasteiger partial charge in [0.1, 0.15) is 0 Å². The molecule has 0 saturated carbocycles. The van der Waals surface area contributed by atoms with Gasteiger partial charge >= 0.3 is 0 Å². The van der Waals surface area contributed by atoms with Crippen molar-refractivity contribution < 1.29 is 4.43 Å². The molecule has 1 unspecified atom stereocenters. The van der Waals surface area contributed by atoms with Crippen molar-refractivity contribution >= 4 is 8.48 Å². The molecule has 0 amide bonds. The Bertz CT molecular complexity index is 340. The van der Waals surface area contributed by atoms with Gasteiger partial charge in [-0.05, 0) is 80.1 Å². The highest BCUT2D eigenvalue weighted by Crippen LogP contribution is 2.42. The van der Waals surface area contributed by atoms with E-state index in [1.807, 2.05) is 0 Å². The van der Waals surface area contributed by atoms with Crippen molar-refractivity contribution in [1.29, 1.82) is 0 Å². The standard InChI is InChI=1S/C16H34N2OSi/c1-8-19-20(7)11-9-10-18(20)14-12-15(2,3)17(6)16(4,5)13-14/h14H,8-13H2,1-7H3. The SMILES string of the molecule is CCO[Si]1(C)CCCN1C1CC(C)(C)N(C)C(C)(C)C1. The highest BCUT2D eigenvalue weighted by molar-refractivity contribution is 6.70. The van der Waals surface area contributed by atoms with Gasteiger partial charge in [0, 0.05) is 23.7 Å². The molecule has 4 heteroatoms. The fraction of sp³-hybridized carbons (Fsp3) is 1.00. The normalized spacial score (nSPS) is 35.5. The molecule has 0 bridgehead atoms. The third-order valence-electron chi connectivity index (χ3n) is 5.83. The Kier molecular flexibility index (Phi) is 4.43. The molecule has 2 rings (SSSR count). The van der Waals surface area contributed by atoms with Crippen molar-refractivity contribution in [2.24, 2.45) is 0 Å². The van der Waals surface area contributed by atoms with Gasteiger partial charge in [0.15, 0.2) is 0 Å². The van der Waals surface area contributed by atoms with Crippen LogP contribution in [0.15, 0.2) is 0 Å². The summed E-state index contributed by atoms with van der Waals surface area (Å²) in [6.45, 7) is 16.3. The lowest BCUT2D eigenvalue weighted by molar-refractivity contribution is -0.0353. The molecule has 2 fully saturated rings. The first-order chi connectivity index (χ1) is 9.12. The quantitative estimate of drug-likeness (QED) is 0.742. The van der Waals surface area contributed by atoms with Gasteiger partial charge in [-0.3, -0.25) is 9.47 Å². The molecule has 2 heterocycles. The van der Waals surface area contributed by atoms with Crippen LogP contribution in [-0.4, -0.2) is 55.3 Å². The molecule has 0 aliphatic carbocycles. The molecule has 1 atom stereocenters. The van der Waals surface area contributed by atoms with E-state index in [1.165, 1.54) is 31.9 Å². The van der Waals surface area contributed by atoms with Crippen molar-refractivity contribution in [2.45, 2.75) is 83.6 Å². The van der Waals surface area contributed by atoms with Crippen molar-refractivity contribution in [3.63, 3.8) is 0 Å². The zero-order valence-electron chi connectivity index (χ0n) is 14.6. The minimum absolute atomic E-state index is 0.274. The highest BCUT2D eigenvalue weighted by atomic mass is 28.4. The molecule has 20 heavy (non-hydrogen) atoms. The number of hydrogen-bond acceptors (Lipinski definition) is 3. The number of nitrogens with zero attached hydrogens (tertiary/aromatic N) is 2. The van der Waals surface area contributed by atoms with Gasteiger partial charge in [-0.2, -0.15) is 0 Å². The molecule has 0 aromatic rings. The lowest BCUT2D eigenvalue weighted by Crippen LogP contribution is -2.65. The molecule has 0 aromatic heterocycles. The van der Waals surface area contributed by atoms with Crippen LogP contribution in [0.2, 0.25) is 12.6 Å². The zero-order valence-corrected chi connectivity index (χ0v) is 15.6. The fourth-order valence-electron chi connectivity index (χ4n) is 4.53. The van der Waals surface area contributed by atoms with Crippen LogP contribution in [0.5, 0.6) is 0 Å². The molecule has 0 aromatic carbocycles. The third-order valence-corrected chi connectivity index (χ3v) is 9.83. The van der Waals surface area contributed by atoms with Crippen molar-refractivity contribution in [1.82, 2.24) is 9.47 Å². The smallest absolute Gasteiger partial charge is 0.268 e. The van der Waals surface area contributed by atoms with E-state index >= 15 is 0 Å². The van der Waals surface area contributed by atoms with E-state index < -0.39 is 8.48 Å². The summed E-state index contributed by atoms with van der Waals surface area (Å²) in [5.74, 6) is 0. The first-order valence-electron chi connectivity index (χ1n) is 8.27. The van der Waals surface area contributed by atoms with Crippen LogP contribution in [-0.2, 0) is 4.43 Å². The lowest BCUT2D eigenvalue weighted by Gasteiger charge is -2.56. The summed E-state index contributed by atoms with van der Waals surface area (Å²) in [4.78, 5) is 2.58. The average molecular weight is 299 g/mol. The summed E-state index contributed by atoms with van der Waals surface area (Å²) in [6.07, 6.45) is 3.86. The first-order valence-corrected chi connectivity index (χ1v) is 10.8. The minimum atomic E-state index is -1.64. The third kappa shape index (κ3) is 2.85. The van der Waals surface area contributed by atoms with Gasteiger partial charge in [-0.25, -0.2) is 0 Å². The largest absolute Gasteiger partial charge is 0.403 e. The van der Waals surface area contributed by atoms with Crippen LogP contribution in [0.1, 0.15) is 53.9 Å². The predicted octanol–water partition coefficient (Wildman–Crippen LogP) is 3.45. The summed E-state index contributed by atoms with van der Waals surface area (Å²) >= 11 is 0. The van der Waals surface area contributed by atoms with E-state index in [0.717, 1.165) is 6.61 Å². The first kappa shape index (κ1) is 16.5. The number of likely N-dealkylation sites (tertiary alicyclic amines) is 1. The van der Waals surface area contributed by atoms with Crippen LogP contribution in [0.3, 0.4) is 0 Å². The van der Waals surface area contributed by atoms with Crippen LogP contribution in [0.25, 0.3) is 0 Å². The number of rotatable bonds is 3. The van der Waals surface area contributed by atoms with Crippen LogP contribution < -0.4 is 0 Å². The van der Waals surface area contributed by atoms with Crippen molar-refractivity contribution in [3.05, 3.63) is 0 Å². The molecule has 0 N–H and O–H groups in total. The van der Waals surface area contributed by atoms with E-state index in [1.54, 1.807) is 0 Å². The summed E-state index contributed by atoms with van der Waals surface area (Å²) < 4.78 is 9.07. The second-order valence-corrected chi connectivity index (χ2v) is 11.9. The Morgan fingerprint density at radius 1 is 1.15 bits per heavy atom. The molecule has 2 saturated heterocycles. The summed E-state index contributed by atoms with van der Waals surface area (Å²) in [5.41, 5.74) is 0.549. The number of piperidine rings is 1. The molecule has 2 aliphatic heterocycles. The second kappa shape index (κ2) is 5.38. The molecular weight excluding hydrogens is 264 g/mol. The van der Waals surface area contributed by atoms with E-state index in [2.05, 4.69) is 57.7 Å². The predicted molar refractivity (Wildman–Crippen MR) is 88.3 cm³/mol. The average Bonchev–Trinajstić information content (AvgIpc) is 2.67. The van der Waals surface area contributed by atoms with Gasteiger partial charge < -0.3 is 4.43 Å². The maximum absolute atomic E-state index is 6.27. The van der Waals surface area contributed by atoms with Gasteiger partial charge in [-0.1, -0.05) is 0 Å².